The molecule has 0 amide bonds. The third-order valence-electron chi connectivity index (χ3n) is 3.16. The number of benzene rings is 1. The molecule has 0 aliphatic heterocycles. The minimum absolute atomic E-state index is 0.359. The molecule has 1 atom stereocenters. The summed E-state index contributed by atoms with van der Waals surface area (Å²) in [4.78, 5) is 12.8. The van der Waals surface area contributed by atoms with Crippen molar-refractivity contribution in [2.75, 3.05) is 5.75 Å². The number of thioether (sulfide) groups is 1. The maximum atomic E-state index is 11.5. The Hall–Kier alpha value is -0.760. The molecule has 0 N–H and O–H groups in total. The van der Waals surface area contributed by atoms with E-state index in [1.54, 1.807) is 0 Å². The lowest BCUT2D eigenvalue weighted by atomic mass is 10.1. The first-order chi connectivity index (χ1) is 7.75. The van der Waals surface area contributed by atoms with Crippen LogP contribution in [0.2, 0.25) is 0 Å². The first kappa shape index (κ1) is 11.7. The molecular weight excluding hydrogens is 216 g/mol. The Balaban J connectivity index is 1.77. The number of rotatable bonds is 4. The zero-order valence-corrected chi connectivity index (χ0v) is 10.6. The minimum atomic E-state index is 0.359. The van der Waals surface area contributed by atoms with Crippen molar-refractivity contribution in [2.45, 2.75) is 37.5 Å². The predicted molar refractivity (Wildman–Crippen MR) is 68.9 cm³/mol. The molecule has 1 aliphatic rings. The van der Waals surface area contributed by atoms with E-state index in [1.807, 2.05) is 11.8 Å². The molecule has 1 fully saturated rings. The smallest absolute Gasteiger partial charge is 0.136 e. The van der Waals surface area contributed by atoms with Crippen LogP contribution in [0.1, 0.15) is 31.2 Å². The Labute approximate surface area is 102 Å². The lowest BCUT2D eigenvalue weighted by molar-refractivity contribution is -0.120. The number of aryl methyl sites for hydroxylation is 1. The molecule has 1 aromatic carbocycles. The summed E-state index contributed by atoms with van der Waals surface area (Å²) in [6, 6.07) is 8.57. The Morgan fingerprint density at radius 2 is 2.31 bits per heavy atom. The quantitative estimate of drug-likeness (QED) is 0.736. The fourth-order valence-electron chi connectivity index (χ4n) is 2.22. The van der Waals surface area contributed by atoms with E-state index in [0.717, 1.165) is 31.4 Å². The van der Waals surface area contributed by atoms with E-state index in [4.69, 9.17) is 0 Å². The molecule has 86 valence electrons. The third kappa shape index (κ3) is 3.11. The number of hydrogen-bond acceptors (Lipinski definition) is 2. The van der Waals surface area contributed by atoms with E-state index in [0.29, 0.717) is 11.7 Å². The van der Waals surface area contributed by atoms with Crippen molar-refractivity contribution < 1.29 is 4.79 Å². The van der Waals surface area contributed by atoms with Gasteiger partial charge < -0.3 is 0 Å². The van der Waals surface area contributed by atoms with Crippen molar-refractivity contribution in [1.29, 1.82) is 0 Å². The van der Waals surface area contributed by atoms with E-state index in [9.17, 15) is 4.79 Å². The summed E-state index contributed by atoms with van der Waals surface area (Å²) in [6.07, 6.45) is 4.10. The normalized spacial score (nSPS) is 20.3. The molecule has 1 nitrogen and oxygen atoms in total. The van der Waals surface area contributed by atoms with E-state index in [2.05, 4.69) is 31.2 Å². The van der Waals surface area contributed by atoms with Crippen LogP contribution in [0.15, 0.2) is 29.2 Å². The highest BCUT2D eigenvalue weighted by Gasteiger charge is 2.23. The monoisotopic (exact) mass is 234 g/mol. The van der Waals surface area contributed by atoms with Gasteiger partial charge in [0.05, 0.1) is 0 Å². The molecule has 0 radical (unpaired) electrons. The highest BCUT2D eigenvalue weighted by molar-refractivity contribution is 7.99. The van der Waals surface area contributed by atoms with E-state index >= 15 is 0 Å². The van der Waals surface area contributed by atoms with Crippen LogP contribution < -0.4 is 0 Å². The van der Waals surface area contributed by atoms with Crippen molar-refractivity contribution in [3.05, 3.63) is 29.8 Å². The second-order valence-electron chi connectivity index (χ2n) is 4.51. The van der Waals surface area contributed by atoms with E-state index < -0.39 is 0 Å². The van der Waals surface area contributed by atoms with Gasteiger partial charge in [0.25, 0.3) is 0 Å². The molecule has 16 heavy (non-hydrogen) atoms. The molecule has 0 heterocycles. The van der Waals surface area contributed by atoms with Gasteiger partial charge in [-0.2, -0.15) is 0 Å². The molecule has 0 bridgehead atoms. The second-order valence-corrected chi connectivity index (χ2v) is 5.68. The number of carbonyl (C=O) groups excluding carboxylic acids is 1. The zero-order valence-electron chi connectivity index (χ0n) is 9.74. The lowest BCUT2D eigenvalue weighted by Crippen LogP contribution is -2.06. The Morgan fingerprint density at radius 3 is 3.00 bits per heavy atom. The largest absolute Gasteiger partial charge is 0.299 e. The van der Waals surface area contributed by atoms with Crippen molar-refractivity contribution in [3.63, 3.8) is 0 Å². The Morgan fingerprint density at radius 1 is 1.44 bits per heavy atom. The molecule has 2 rings (SSSR count). The SMILES string of the molecule is Cc1cccc(SCCC2CCCC2=O)c1. The van der Waals surface area contributed by atoms with Gasteiger partial charge in [-0.15, -0.1) is 11.8 Å². The fourth-order valence-corrected chi connectivity index (χ4v) is 3.30. The standard InChI is InChI=1S/C14H18OS/c1-11-4-2-6-13(10-11)16-9-8-12-5-3-7-14(12)15/h2,4,6,10,12H,3,5,7-9H2,1H3. The summed E-state index contributed by atoms with van der Waals surface area (Å²) < 4.78 is 0. The average Bonchev–Trinajstić information content (AvgIpc) is 2.65. The van der Waals surface area contributed by atoms with Crippen molar-refractivity contribution in [3.8, 4) is 0 Å². The van der Waals surface area contributed by atoms with Gasteiger partial charge in [0.1, 0.15) is 5.78 Å². The van der Waals surface area contributed by atoms with Crippen LogP contribution >= 0.6 is 11.8 Å². The number of hydrogen-bond donors (Lipinski definition) is 0. The Bertz CT molecular complexity index is 373. The van der Waals surface area contributed by atoms with E-state index in [1.165, 1.54) is 10.5 Å². The van der Waals surface area contributed by atoms with Gasteiger partial charge in [-0.05, 0) is 44.1 Å². The summed E-state index contributed by atoms with van der Waals surface area (Å²) in [7, 11) is 0. The van der Waals surface area contributed by atoms with E-state index in [-0.39, 0.29) is 0 Å². The highest BCUT2D eigenvalue weighted by atomic mass is 32.2. The van der Waals surface area contributed by atoms with Crippen molar-refractivity contribution in [1.82, 2.24) is 0 Å². The first-order valence-electron chi connectivity index (χ1n) is 5.98. The molecule has 2 heteroatoms. The molecule has 0 aromatic heterocycles. The van der Waals surface area contributed by atoms with Crippen molar-refractivity contribution >= 4 is 17.5 Å². The number of ketones is 1. The summed E-state index contributed by atoms with van der Waals surface area (Å²) >= 11 is 1.87. The van der Waals surface area contributed by atoms with Gasteiger partial charge in [0, 0.05) is 17.2 Å². The molecule has 1 saturated carbocycles. The van der Waals surface area contributed by atoms with Crippen LogP contribution in [0, 0.1) is 12.8 Å². The molecule has 1 aliphatic carbocycles. The van der Waals surface area contributed by atoms with Crippen LogP contribution in [0.4, 0.5) is 0 Å². The molecule has 1 unspecified atom stereocenters. The highest BCUT2D eigenvalue weighted by Crippen LogP contribution is 2.28. The van der Waals surface area contributed by atoms with Gasteiger partial charge in [-0.25, -0.2) is 0 Å². The van der Waals surface area contributed by atoms with Crippen LogP contribution in [0.5, 0.6) is 0 Å². The third-order valence-corrected chi connectivity index (χ3v) is 4.18. The minimum Gasteiger partial charge on any atom is -0.299 e. The summed E-state index contributed by atoms with van der Waals surface area (Å²) in [6.45, 7) is 2.12. The van der Waals surface area contributed by atoms with Crippen molar-refractivity contribution in [2.24, 2.45) is 5.92 Å². The summed E-state index contributed by atoms with van der Waals surface area (Å²) in [5.41, 5.74) is 1.31. The lowest BCUT2D eigenvalue weighted by Gasteiger charge is -2.07. The van der Waals surface area contributed by atoms with Crippen LogP contribution in [-0.4, -0.2) is 11.5 Å². The maximum Gasteiger partial charge on any atom is 0.136 e. The van der Waals surface area contributed by atoms with Crippen LogP contribution in [0.3, 0.4) is 0 Å². The van der Waals surface area contributed by atoms with Gasteiger partial charge in [-0.1, -0.05) is 17.7 Å². The first-order valence-corrected chi connectivity index (χ1v) is 6.96. The molecule has 0 spiro atoms. The molecule has 1 aromatic rings. The van der Waals surface area contributed by atoms with Gasteiger partial charge in [0.15, 0.2) is 0 Å². The molecular formula is C14H18OS. The topological polar surface area (TPSA) is 17.1 Å². The number of carbonyl (C=O) groups is 1. The van der Waals surface area contributed by atoms with Gasteiger partial charge in [-0.3, -0.25) is 4.79 Å². The summed E-state index contributed by atoms with van der Waals surface area (Å²) in [5, 5.41) is 0. The fraction of sp³-hybridized carbons (Fsp3) is 0.500. The number of Topliss-reactive ketones (excluding diaryl/α,β-unsaturated/α-hetero) is 1. The predicted octanol–water partition coefficient (Wildman–Crippen LogP) is 3.85. The van der Waals surface area contributed by atoms with Crippen LogP contribution in [0.25, 0.3) is 0 Å². The van der Waals surface area contributed by atoms with Crippen LogP contribution in [-0.2, 0) is 4.79 Å². The summed E-state index contributed by atoms with van der Waals surface area (Å²) in [5.74, 6) is 1.92. The molecule has 0 saturated heterocycles. The second kappa shape index (κ2) is 5.53. The average molecular weight is 234 g/mol. The Kier molecular flexibility index (Phi) is 4.05. The maximum absolute atomic E-state index is 11.5. The van der Waals surface area contributed by atoms with Gasteiger partial charge in [0.2, 0.25) is 0 Å². The zero-order chi connectivity index (χ0) is 11.4. The van der Waals surface area contributed by atoms with Gasteiger partial charge >= 0.3 is 0 Å².